The number of likely N-dealkylation sites (tertiary alicyclic amines) is 1. The van der Waals surface area contributed by atoms with E-state index in [9.17, 15) is 33.9 Å². The van der Waals surface area contributed by atoms with Crippen LogP contribution in [0.3, 0.4) is 0 Å². The molecule has 0 spiro atoms. The van der Waals surface area contributed by atoms with Gasteiger partial charge in [-0.15, -0.1) is 0 Å². The summed E-state index contributed by atoms with van der Waals surface area (Å²) in [6.07, 6.45) is -0.812. The zero-order valence-electron chi connectivity index (χ0n) is 14.9. The number of carbonyl (C=O) groups excluding carboxylic acids is 4. The van der Waals surface area contributed by atoms with E-state index >= 15 is 0 Å². The minimum Gasteiger partial charge on any atom is -0.481 e. The summed E-state index contributed by atoms with van der Waals surface area (Å²) < 4.78 is 0. The van der Waals surface area contributed by atoms with Crippen molar-refractivity contribution in [1.29, 1.82) is 0 Å². The minimum atomic E-state index is -1.59. The molecule has 0 radical (unpaired) electrons. The average molecular weight is 401 g/mol. The van der Waals surface area contributed by atoms with E-state index in [1.54, 1.807) is 0 Å². The second-order valence-corrected chi connectivity index (χ2v) is 6.18. The van der Waals surface area contributed by atoms with Crippen LogP contribution in [0.5, 0.6) is 0 Å². The van der Waals surface area contributed by atoms with Gasteiger partial charge in [-0.05, 0) is 12.8 Å². The number of nitrogens with zero attached hydrogens (tertiary/aromatic N) is 1. The minimum absolute atomic E-state index is 0.0937. The molecule has 0 bridgehead atoms. The van der Waals surface area contributed by atoms with Crippen LogP contribution in [-0.2, 0) is 28.8 Å². The van der Waals surface area contributed by atoms with Crippen LogP contribution in [0.15, 0.2) is 0 Å². The number of amides is 4. The molecule has 0 saturated carbocycles. The van der Waals surface area contributed by atoms with Gasteiger partial charge in [0, 0.05) is 6.54 Å². The molecule has 1 rings (SSSR count). The van der Waals surface area contributed by atoms with Crippen molar-refractivity contribution < 1.29 is 39.0 Å². The third-order valence-corrected chi connectivity index (χ3v) is 4.06. The largest absolute Gasteiger partial charge is 0.481 e. The summed E-state index contributed by atoms with van der Waals surface area (Å²) >= 11 is 0. The highest BCUT2D eigenvalue weighted by Gasteiger charge is 2.39. The molecule has 8 N–H and O–H groups in total. The van der Waals surface area contributed by atoms with E-state index in [1.165, 1.54) is 0 Å². The third kappa shape index (κ3) is 6.50. The maximum atomic E-state index is 12.6. The third-order valence-electron chi connectivity index (χ3n) is 4.06. The van der Waals surface area contributed by atoms with Crippen LogP contribution in [-0.4, -0.2) is 81.9 Å². The molecule has 1 heterocycles. The molecule has 3 atom stereocenters. The number of aliphatic carboxylic acids is 2. The second-order valence-electron chi connectivity index (χ2n) is 6.18. The maximum Gasteiger partial charge on any atom is 0.326 e. The lowest BCUT2D eigenvalue weighted by atomic mass is 10.1. The van der Waals surface area contributed by atoms with Crippen LogP contribution in [0.4, 0.5) is 0 Å². The number of primary amides is 1. The van der Waals surface area contributed by atoms with Gasteiger partial charge in [-0.1, -0.05) is 0 Å². The molecule has 1 fully saturated rings. The molecule has 28 heavy (non-hydrogen) atoms. The predicted octanol–water partition coefficient (Wildman–Crippen LogP) is -3.66. The Morgan fingerprint density at radius 3 is 2.18 bits per heavy atom. The summed E-state index contributed by atoms with van der Waals surface area (Å²) in [6, 6.07) is -4.18. The van der Waals surface area contributed by atoms with Crippen molar-refractivity contribution in [2.75, 3.05) is 13.1 Å². The smallest absolute Gasteiger partial charge is 0.326 e. The molecule has 1 aliphatic heterocycles. The van der Waals surface area contributed by atoms with Crippen molar-refractivity contribution in [2.45, 2.75) is 43.8 Å². The number of carbonyl (C=O) groups is 6. The van der Waals surface area contributed by atoms with Gasteiger partial charge in [0.2, 0.25) is 23.6 Å². The molecular weight excluding hydrogens is 378 g/mol. The zero-order valence-corrected chi connectivity index (χ0v) is 14.9. The number of hydrogen-bond acceptors (Lipinski definition) is 7. The number of nitrogens with one attached hydrogen (secondary N) is 2. The van der Waals surface area contributed by atoms with E-state index in [0.717, 1.165) is 4.90 Å². The van der Waals surface area contributed by atoms with Gasteiger partial charge in [0.05, 0.1) is 19.4 Å². The normalized spacial score (nSPS) is 18.0. The molecule has 0 aromatic carbocycles. The molecule has 0 aromatic rings. The number of rotatable bonds is 10. The Balaban J connectivity index is 2.99. The molecule has 1 saturated heterocycles. The average Bonchev–Trinajstić information content (AvgIpc) is 3.08. The van der Waals surface area contributed by atoms with Crippen LogP contribution in [0.2, 0.25) is 0 Å². The topological polar surface area (TPSA) is 222 Å². The van der Waals surface area contributed by atoms with E-state index in [-0.39, 0.29) is 13.0 Å². The van der Waals surface area contributed by atoms with Gasteiger partial charge in [0.1, 0.15) is 18.1 Å². The number of hydrogen-bond donors (Lipinski definition) is 6. The van der Waals surface area contributed by atoms with Gasteiger partial charge < -0.3 is 37.2 Å². The first kappa shape index (κ1) is 22.8. The highest BCUT2D eigenvalue weighted by molar-refractivity contribution is 5.97. The van der Waals surface area contributed by atoms with E-state index in [1.807, 2.05) is 0 Å². The molecule has 156 valence electrons. The summed E-state index contributed by atoms with van der Waals surface area (Å²) in [7, 11) is 0. The standard InChI is InChI=1S/C15H23N5O8/c16-6-11(22)18-7(4-10(17)21)13(25)19-8(5-12(23)24)14(26)20-3-1-2-9(20)15(27)28/h7-9H,1-6,16H2,(H2,17,21)(H,18,22)(H,19,25)(H,23,24)(H,27,28). The molecule has 13 heteroatoms. The molecule has 4 amide bonds. The number of nitrogens with two attached hydrogens (primary N) is 2. The SMILES string of the molecule is NCC(=O)NC(CC(N)=O)C(=O)NC(CC(=O)O)C(=O)N1CCCC1C(=O)O. The Bertz CT molecular complexity index is 667. The van der Waals surface area contributed by atoms with E-state index in [2.05, 4.69) is 10.6 Å². The van der Waals surface area contributed by atoms with Crippen LogP contribution >= 0.6 is 0 Å². The first-order chi connectivity index (χ1) is 13.1. The van der Waals surface area contributed by atoms with Crippen molar-refractivity contribution >= 4 is 35.6 Å². The van der Waals surface area contributed by atoms with Gasteiger partial charge in [-0.25, -0.2) is 4.79 Å². The predicted molar refractivity (Wildman–Crippen MR) is 91.4 cm³/mol. The lowest BCUT2D eigenvalue weighted by Crippen LogP contribution is -2.57. The van der Waals surface area contributed by atoms with Gasteiger partial charge in [0.25, 0.3) is 0 Å². The van der Waals surface area contributed by atoms with Crippen molar-refractivity contribution in [1.82, 2.24) is 15.5 Å². The summed E-state index contributed by atoms with van der Waals surface area (Å²) in [5.41, 5.74) is 10.2. The highest BCUT2D eigenvalue weighted by Crippen LogP contribution is 2.19. The lowest BCUT2D eigenvalue weighted by Gasteiger charge is -2.27. The molecule has 0 aromatic heterocycles. The fraction of sp³-hybridized carbons (Fsp3) is 0.600. The van der Waals surface area contributed by atoms with E-state index < -0.39 is 73.1 Å². The van der Waals surface area contributed by atoms with Crippen molar-refractivity contribution in [2.24, 2.45) is 11.5 Å². The Hall–Kier alpha value is -3.22. The van der Waals surface area contributed by atoms with Gasteiger partial charge in [-0.3, -0.25) is 24.0 Å². The molecule has 13 nitrogen and oxygen atoms in total. The van der Waals surface area contributed by atoms with Gasteiger partial charge in [-0.2, -0.15) is 0 Å². The van der Waals surface area contributed by atoms with E-state index in [4.69, 9.17) is 16.6 Å². The Morgan fingerprint density at radius 1 is 1.04 bits per heavy atom. The summed E-state index contributed by atoms with van der Waals surface area (Å²) in [5, 5.41) is 22.5. The summed E-state index contributed by atoms with van der Waals surface area (Å²) in [4.78, 5) is 70.9. The quantitative estimate of drug-likeness (QED) is 0.212. The van der Waals surface area contributed by atoms with Gasteiger partial charge in [0.15, 0.2) is 0 Å². The van der Waals surface area contributed by atoms with Crippen LogP contribution < -0.4 is 22.1 Å². The monoisotopic (exact) mass is 401 g/mol. The van der Waals surface area contributed by atoms with Crippen molar-refractivity contribution in [3.8, 4) is 0 Å². The van der Waals surface area contributed by atoms with Crippen molar-refractivity contribution in [3.63, 3.8) is 0 Å². The fourth-order valence-electron chi connectivity index (χ4n) is 2.80. The maximum absolute atomic E-state index is 12.6. The van der Waals surface area contributed by atoms with Crippen LogP contribution in [0, 0.1) is 0 Å². The molecule has 0 aliphatic carbocycles. The first-order valence-corrected chi connectivity index (χ1v) is 8.40. The highest BCUT2D eigenvalue weighted by atomic mass is 16.4. The van der Waals surface area contributed by atoms with Gasteiger partial charge >= 0.3 is 11.9 Å². The lowest BCUT2D eigenvalue weighted by molar-refractivity contribution is -0.150. The van der Waals surface area contributed by atoms with Crippen LogP contribution in [0.1, 0.15) is 25.7 Å². The second kappa shape index (κ2) is 10.2. The molecule has 1 aliphatic rings. The fourth-order valence-corrected chi connectivity index (χ4v) is 2.80. The molecule has 3 unspecified atom stereocenters. The zero-order chi connectivity index (χ0) is 21.4. The Labute approximate surface area is 159 Å². The Kier molecular flexibility index (Phi) is 8.31. The number of carboxylic acid groups (broad SMARTS) is 2. The van der Waals surface area contributed by atoms with Crippen molar-refractivity contribution in [3.05, 3.63) is 0 Å². The van der Waals surface area contributed by atoms with E-state index in [0.29, 0.717) is 6.42 Å². The summed E-state index contributed by atoms with van der Waals surface area (Å²) in [5.74, 6) is -6.26. The first-order valence-electron chi connectivity index (χ1n) is 8.40. The van der Waals surface area contributed by atoms with Crippen LogP contribution in [0.25, 0.3) is 0 Å². The Morgan fingerprint density at radius 2 is 1.68 bits per heavy atom. The molecular formula is C15H23N5O8. The number of carboxylic acids is 2. The summed E-state index contributed by atoms with van der Waals surface area (Å²) in [6.45, 7) is -0.384.